The summed E-state index contributed by atoms with van der Waals surface area (Å²) in [6.07, 6.45) is 3.91. The Morgan fingerprint density at radius 3 is 2.94 bits per heavy atom. The summed E-state index contributed by atoms with van der Waals surface area (Å²) in [4.78, 5) is 22.9. The lowest BCUT2D eigenvalue weighted by molar-refractivity contribution is 0.102. The predicted molar refractivity (Wildman–Crippen MR) is 68.0 cm³/mol. The average Bonchev–Trinajstić information content (AvgIpc) is 2.90. The van der Waals surface area contributed by atoms with E-state index in [4.69, 9.17) is 5.84 Å². The third-order valence-electron chi connectivity index (χ3n) is 2.38. The molecule has 2 rings (SSSR count). The number of nitrogens with zero attached hydrogens (tertiary/aromatic N) is 2. The number of pyridine rings is 1. The number of carbonyl (C=O) groups is 1. The molecule has 18 heavy (non-hydrogen) atoms. The zero-order chi connectivity index (χ0) is 13.0. The van der Waals surface area contributed by atoms with Gasteiger partial charge in [0.15, 0.2) is 0 Å². The summed E-state index contributed by atoms with van der Waals surface area (Å²) in [7, 11) is 0. The van der Waals surface area contributed by atoms with E-state index >= 15 is 0 Å². The number of hydrogen-bond donors (Lipinski definition) is 4. The highest BCUT2D eigenvalue weighted by Gasteiger charge is 2.10. The minimum Gasteiger partial charge on any atom is -0.331 e. The second-order valence-electron chi connectivity index (χ2n) is 3.62. The molecule has 2 aromatic heterocycles. The van der Waals surface area contributed by atoms with Gasteiger partial charge in [0.1, 0.15) is 5.82 Å². The molecule has 0 saturated carbocycles. The van der Waals surface area contributed by atoms with Crippen molar-refractivity contribution in [1.82, 2.24) is 15.0 Å². The Kier molecular flexibility index (Phi) is 3.54. The number of hydrazine groups is 1. The lowest BCUT2D eigenvalue weighted by Gasteiger charge is -2.07. The van der Waals surface area contributed by atoms with Gasteiger partial charge in [-0.1, -0.05) is 6.92 Å². The molecule has 0 aliphatic rings. The summed E-state index contributed by atoms with van der Waals surface area (Å²) in [5.41, 5.74) is 3.71. The first-order chi connectivity index (χ1) is 8.72. The van der Waals surface area contributed by atoms with E-state index in [0.29, 0.717) is 17.3 Å². The first-order valence-electron chi connectivity index (χ1n) is 5.51. The Morgan fingerprint density at radius 2 is 2.33 bits per heavy atom. The Hall–Kier alpha value is -2.41. The van der Waals surface area contributed by atoms with Crippen molar-refractivity contribution in [2.75, 3.05) is 10.7 Å². The lowest BCUT2D eigenvalue weighted by atomic mass is 10.2. The molecule has 0 fully saturated rings. The van der Waals surface area contributed by atoms with Gasteiger partial charge in [-0.25, -0.2) is 15.8 Å². The fourth-order valence-electron chi connectivity index (χ4n) is 1.49. The molecule has 94 valence electrons. The van der Waals surface area contributed by atoms with Crippen LogP contribution in [-0.4, -0.2) is 20.9 Å². The number of H-pyrrole nitrogens is 1. The fourth-order valence-corrected chi connectivity index (χ4v) is 1.49. The van der Waals surface area contributed by atoms with E-state index in [1.165, 1.54) is 0 Å². The number of aromatic amines is 1. The van der Waals surface area contributed by atoms with Crippen molar-refractivity contribution >= 4 is 17.7 Å². The van der Waals surface area contributed by atoms with E-state index in [2.05, 4.69) is 25.7 Å². The highest BCUT2D eigenvalue weighted by molar-refractivity contribution is 6.03. The van der Waals surface area contributed by atoms with E-state index in [-0.39, 0.29) is 5.91 Å². The first-order valence-corrected chi connectivity index (χ1v) is 5.51. The van der Waals surface area contributed by atoms with Crippen LogP contribution in [0.15, 0.2) is 24.5 Å². The number of amides is 1. The summed E-state index contributed by atoms with van der Waals surface area (Å²) in [6, 6.07) is 3.30. The van der Waals surface area contributed by atoms with Crippen LogP contribution < -0.4 is 16.6 Å². The quantitative estimate of drug-likeness (QED) is 0.473. The molecule has 0 bridgehead atoms. The van der Waals surface area contributed by atoms with Crippen LogP contribution in [0.1, 0.15) is 23.0 Å². The number of hydrogen-bond acceptors (Lipinski definition) is 5. The molecule has 0 unspecified atom stereocenters. The van der Waals surface area contributed by atoms with Crippen LogP contribution in [0.4, 0.5) is 11.8 Å². The highest BCUT2D eigenvalue weighted by Crippen LogP contribution is 2.11. The maximum atomic E-state index is 12.0. The van der Waals surface area contributed by atoms with Crippen LogP contribution in [0.3, 0.4) is 0 Å². The minimum atomic E-state index is -0.265. The van der Waals surface area contributed by atoms with E-state index in [1.54, 1.807) is 24.5 Å². The van der Waals surface area contributed by atoms with Gasteiger partial charge in [-0.3, -0.25) is 10.1 Å². The number of rotatable bonds is 4. The first kappa shape index (κ1) is 12.1. The van der Waals surface area contributed by atoms with Crippen molar-refractivity contribution in [2.45, 2.75) is 13.3 Å². The third-order valence-corrected chi connectivity index (χ3v) is 2.38. The van der Waals surface area contributed by atoms with Gasteiger partial charge in [-0.05, 0) is 18.6 Å². The minimum absolute atomic E-state index is 0.265. The van der Waals surface area contributed by atoms with E-state index < -0.39 is 0 Å². The SMILES string of the molecule is CCc1cc(C(=O)Nc2ncc[nH]2)cc(NN)n1. The maximum Gasteiger partial charge on any atom is 0.258 e. The maximum absolute atomic E-state index is 12.0. The van der Waals surface area contributed by atoms with E-state index in [1.807, 2.05) is 6.92 Å². The van der Waals surface area contributed by atoms with Gasteiger partial charge in [0.25, 0.3) is 5.91 Å². The van der Waals surface area contributed by atoms with Crippen LogP contribution in [0.5, 0.6) is 0 Å². The van der Waals surface area contributed by atoms with Gasteiger partial charge in [0, 0.05) is 23.7 Å². The van der Waals surface area contributed by atoms with Gasteiger partial charge < -0.3 is 10.4 Å². The van der Waals surface area contributed by atoms with Crippen molar-refractivity contribution in [3.05, 3.63) is 35.8 Å². The molecular weight excluding hydrogens is 232 g/mol. The second kappa shape index (κ2) is 5.28. The predicted octanol–water partition coefficient (Wildman–Crippen LogP) is 0.905. The van der Waals surface area contributed by atoms with Crippen molar-refractivity contribution in [3.63, 3.8) is 0 Å². The zero-order valence-electron chi connectivity index (χ0n) is 9.90. The number of nitrogens with two attached hydrogens (primary N) is 1. The monoisotopic (exact) mass is 246 g/mol. The van der Waals surface area contributed by atoms with Crippen molar-refractivity contribution in [3.8, 4) is 0 Å². The van der Waals surface area contributed by atoms with Crippen LogP contribution in [0.2, 0.25) is 0 Å². The van der Waals surface area contributed by atoms with Gasteiger partial charge >= 0.3 is 0 Å². The molecule has 0 aliphatic heterocycles. The summed E-state index contributed by atoms with van der Waals surface area (Å²) in [5.74, 6) is 5.91. The molecule has 0 spiro atoms. The van der Waals surface area contributed by atoms with Crippen LogP contribution in [0.25, 0.3) is 0 Å². The standard InChI is InChI=1S/C11H14N6O/c1-2-8-5-7(6-9(15-8)17-12)10(18)16-11-13-3-4-14-11/h3-6H,2,12H2,1H3,(H,15,17)(H2,13,14,16,18). The molecule has 0 radical (unpaired) electrons. The Bertz CT molecular complexity index is 514. The number of imidazole rings is 1. The Morgan fingerprint density at radius 1 is 1.50 bits per heavy atom. The Balaban J connectivity index is 2.23. The zero-order valence-corrected chi connectivity index (χ0v) is 9.90. The van der Waals surface area contributed by atoms with E-state index in [0.717, 1.165) is 12.1 Å². The molecule has 2 aromatic rings. The smallest absolute Gasteiger partial charge is 0.258 e. The summed E-state index contributed by atoms with van der Waals surface area (Å²) >= 11 is 0. The summed E-state index contributed by atoms with van der Waals surface area (Å²) < 4.78 is 0. The molecule has 0 aliphatic carbocycles. The van der Waals surface area contributed by atoms with Crippen LogP contribution >= 0.6 is 0 Å². The summed E-state index contributed by atoms with van der Waals surface area (Å²) in [5, 5.41) is 2.64. The normalized spacial score (nSPS) is 10.1. The lowest BCUT2D eigenvalue weighted by Crippen LogP contribution is -2.16. The van der Waals surface area contributed by atoms with Crippen LogP contribution in [0, 0.1) is 0 Å². The largest absolute Gasteiger partial charge is 0.331 e. The number of nitrogens with one attached hydrogen (secondary N) is 3. The topological polar surface area (TPSA) is 109 Å². The number of carbonyl (C=O) groups excluding carboxylic acids is 1. The molecule has 1 amide bonds. The Labute approximate surface area is 104 Å². The molecule has 0 atom stereocenters. The molecule has 5 N–H and O–H groups in total. The molecule has 2 heterocycles. The molecule has 0 aromatic carbocycles. The van der Waals surface area contributed by atoms with Crippen LogP contribution in [-0.2, 0) is 6.42 Å². The molecule has 7 nitrogen and oxygen atoms in total. The van der Waals surface area contributed by atoms with Crippen molar-refractivity contribution in [1.29, 1.82) is 0 Å². The third kappa shape index (κ3) is 2.64. The number of aryl methyl sites for hydroxylation is 1. The number of nitrogen functional groups attached to an aromatic ring is 1. The second-order valence-corrected chi connectivity index (χ2v) is 3.62. The van der Waals surface area contributed by atoms with Gasteiger partial charge in [-0.15, -0.1) is 0 Å². The van der Waals surface area contributed by atoms with Crippen molar-refractivity contribution in [2.24, 2.45) is 5.84 Å². The molecule has 7 heteroatoms. The van der Waals surface area contributed by atoms with Gasteiger partial charge in [-0.2, -0.15) is 0 Å². The number of anilines is 2. The van der Waals surface area contributed by atoms with Crippen molar-refractivity contribution < 1.29 is 4.79 Å². The molecular formula is C11H14N6O. The number of aromatic nitrogens is 3. The average molecular weight is 246 g/mol. The van der Waals surface area contributed by atoms with Gasteiger partial charge in [0.2, 0.25) is 5.95 Å². The fraction of sp³-hybridized carbons (Fsp3) is 0.182. The molecule has 0 saturated heterocycles. The van der Waals surface area contributed by atoms with Gasteiger partial charge in [0.05, 0.1) is 0 Å². The van der Waals surface area contributed by atoms with E-state index in [9.17, 15) is 4.79 Å². The highest BCUT2D eigenvalue weighted by atomic mass is 16.1. The summed E-state index contributed by atoms with van der Waals surface area (Å²) in [6.45, 7) is 1.96.